The van der Waals surface area contributed by atoms with E-state index < -0.39 is 5.97 Å². The molecule has 2 N–H and O–H groups in total. The highest BCUT2D eigenvalue weighted by atomic mass is 32.1. The van der Waals surface area contributed by atoms with Gasteiger partial charge in [-0.2, -0.15) is 0 Å². The first kappa shape index (κ1) is 21.1. The van der Waals surface area contributed by atoms with Gasteiger partial charge < -0.3 is 15.2 Å². The Balaban J connectivity index is 1.52. The molecule has 4 aromatic rings. The zero-order valence-electron chi connectivity index (χ0n) is 17.3. The number of aromatic nitrogens is 1. The zero-order valence-corrected chi connectivity index (χ0v) is 20.1. The normalized spacial score (nSPS) is 13.2. The fourth-order valence-corrected chi connectivity index (χ4v) is 6.10. The topological polar surface area (TPSA) is 71.5 Å². The molecule has 5 nitrogen and oxygen atoms in total. The van der Waals surface area contributed by atoms with E-state index in [1.807, 2.05) is 54.6 Å². The molecule has 0 bridgehead atoms. The van der Waals surface area contributed by atoms with Crippen LogP contribution in [0, 0.1) is 0 Å². The lowest BCUT2D eigenvalue weighted by atomic mass is 10.1. The molecule has 0 radical (unpaired) electrons. The highest BCUT2D eigenvalue weighted by Gasteiger charge is 2.31. The fraction of sp³-hybridized carbons (Fsp3) is 0.167. The standard InChI is InChI=1S/C24H21N2O3PS2/c1-29-15-9-10-16(18(30)11-15)20-21(14-7-8-14)32-24(26-20)25-17-12-19(31-22(17)23(27)28)13-5-3-2-4-6-13/h2-6,9-12,14H,7-8,30H2,1H3,(H,25,26)(H,27,28). The van der Waals surface area contributed by atoms with Crippen LogP contribution in [0.25, 0.3) is 21.7 Å². The summed E-state index contributed by atoms with van der Waals surface area (Å²) in [5.74, 6) is 0.380. The summed E-state index contributed by atoms with van der Waals surface area (Å²) in [4.78, 5) is 19.3. The molecule has 0 aliphatic heterocycles. The van der Waals surface area contributed by atoms with Crippen LogP contribution in [0.5, 0.6) is 5.75 Å². The number of nitrogens with zero attached hydrogens (tertiary/aromatic N) is 1. The van der Waals surface area contributed by atoms with Crippen LogP contribution in [-0.4, -0.2) is 23.2 Å². The van der Waals surface area contributed by atoms with Gasteiger partial charge in [-0.1, -0.05) is 30.3 Å². The van der Waals surface area contributed by atoms with Crippen LogP contribution < -0.4 is 15.4 Å². The number of carbonyl (C=O) groups is 1. The molecule has 0 saturated heterocycles. The third-order valence-corrected chi connectivity index (χ3v) is 8.12. The van der Waals surface area contributed by atoms with Crippen molar-refractivity contribution in [3.63, 3.8) is 0 Å². The van der Waals surface area contributed by atoms with Gasteiger partial charge in [0, 0.05) is 15.3 Å². The molecule has 1 unspecified atom stereocenters. The minimum absolute atomic E-state index is 0.282. The van der Waals surface area contributed by atoms with Gasteiger partial charge in [-0.15, -0.1) is 31.9 Å². The Morgan fingerprint density at radius 3 is 2.59 bits per heavy atom. The van der Waals surface area contributed by atoms with Crippen molar-refractivity contribution >= 4 is 54.0 Å². The van der Waals surface area contributed by atoms with Gasteiger partial charge >= 0.3 is 5.97 Å². The number of ether oxygens (including phenoxy) is 1. The molecule has 1 saturated carbocycles. The number of carboxylic acids is 1. The first-order valence-corrected chi connectivity index (χ1v) is 12.4. The van der Waals surface area contributed by atoms with Crippen LogP contribution in [0.4, 0.5) is 10.8 Å². The van der Waals surface area contributed by atoms with E-state index in [9.17, 15) is 9.90 Å². The summed E-state index contributed by atoms with van der Waals surface area (Å²) in [5.41, 5.74) is 3.58. The van der Waals surface area contributed by atoms with Crippen molar-refractivity contribution in [2.45, 2.75) is 18.8 Å². The van der Waals surface area contributed by atoms with Crippen LogP contribution in [0.2, 0.25) is 0 Å². The number of thiophene rings is 1. The lowest BCUT2D eigenvalue weighted by Crippen LogP contribution is -2.00. The Hall–Kier alpha value is -2.73. The summed E-state index contributed by atoms with van der Waals surface area (Å²) >= 11 is 2.88. The van der Waals surface area contributed by atoms with Crippen LogP contribution in [-0.2, 0) is 0 Å². The molecular weight excluding hydrogens is 459 g/mol. The minimum Gasteiger partial charge on any atom is -0.497 e. The predicted octanol–water partition coefficient (Wildman–Crippen LogP) is 6.37. The van der Waals surface area contributed by atoms with E-state index in [1.54, 1.807) is 18.4 Å². The van der Waals surface area contributed by atoms with Crippen LogP contribution in [0.1, 0.15) is 33.3 Å². The smallest absolute Gasteiger partial charge is 0.348 e. The molecule has 2 aromatic carbocycles. The van der Waals surface area contributed by atoms with Gasteiger partial charge in [-0.05, 0) is 53.9 Å². The lowest BCUT2D eigenvalue weighted by Gasteiger charge is -2.07. The van der Waals surface area contributed by atoms with E-state index in [0.717, 1.165) is 45.6 Å². The number of hydrogen-bond acceptors (Lipinski definition) is 6. The number of thiazole rings is 1. The molecule has 1 aliphatic rings. The molecule has 1 aliphatic carbocycles. The Labute approximate surface area is 196 Å². The summed E-state index contributed by atoms with van der Waals surface area (Å²) in [7, 11) is 4.43. The summed E-state index contributed by atoms with van der Waals surface area (Å²) in [5, 5.41) is 14.8. The maximum absolute atomic E-state index is 11.9. The third-order valence-electron chi connectivity index (χ3n) is 5.34. The van der Waals surface area contributed by atoms with Crippen molar-refractivity contribution in [2.75, 3.05) is 12.4 Å². The van der Waals surface area contributed by atoms with Crippen molar-refractivity contribution in [1.82, 2.24) is 4.98 Å². The molecule has 1 atom stereocenters. The average Bonchev–Trinajstić information content (AvgIpc) is 3.42. The van der Waals surface area contributed by atoms with Crippen LogP contribution in [0.3, 0.4) is 0 Å². The van der Waals surface area contributed by atoms with E-state index in [2.05, 4.69) is 14.6 Å². The number of carboxylic acid groups (broad SMARTS) is 1. The Morgan fingerprint density at radius 1 is 1.16 bits per heavy atom. The Bertz CT molecular complexity index is 1300. The number of anilines is 2. The molecule has 2 heterocycles. The molecule has 5 rings (SSSR count). The van der Waals surface area contributed by atoms with Crippen LogP contribution >= 0.6 is 31.9 Å². The molecule has 0 amide bonds. The van der Waals surface area contributed by atoms with Crippen molar-refractivity contribution < 1.29 is 14.6 Å². The minimum atomic E-state index is -0.943. The highest BCUT2D eigenvalue weighted by molar-refractivity contribution is 7.28. The van der Waals surface area contributed by atoms with Crippen molar-refractivity contribution in [1.29, 1.82) is 0 Å². The molecule has 0 spiro atoms. The first-order chi connectivity index (χ1) is 15.5. The monoisotopic (exact) mass is 480 g/mol. The van der Waals surface area contributed by atoms with E-state index in [-0.39, 0.29) is 4.88 Å². The van der Waals surface area contributed by atoms with Crippen molar-refractivity contribution in [2.24, 2.45) is 0 Å². The Kier molecular flexibility index (Phi) is 5.72. The van der Waals surface area contributed by atoms with E-state index in [1.165, 1.54) is 16.2 Å². The SMILES string of the molecule is COc1ccc(-c2nc(Nc3cc(-c4ccccc4)sc3C(=O)O)sc2C2CC2)c(P)c1. The van der Waals surface area contributed by atoms with Gasteiger partial charge in [0.05, 0.1) is 18.5 Å². The number of benzene rings is 2. The van der Waals surface area contributed by atoms with Gasteiger partial charge in [0.2, 0.25) is 0 Å². The second-order valence-corrected chi connectivity index (χ2v) is 10.3. The number of rotatable bonds is 7. The van der Waals surface area contributed by atoms with Crippen molar-refractivity contribution in [3.8, 4) is 27.4 Å². The fourth-order valence-electron chi connectivity index (χ4n) is 3.59. The zero-order chi connectivity index (χ0) is 22.2. The highest BCUT2D eigenvalue weighted by Crippen LogP contribution is 2.49. The molecular formula is C24H21N2O3PS2. The summed E-state index contributed by atoms with van der Waals surface area (Å²) < 4.78 is 5.34. The van der Waals surface area contributed by atoms with Gasteiger partial charge in [0.1, 0.15) is 10.6 Å². The largest absolute Gasteiger partial charge is 0.497 e. The number of methoxy groups -OCH3 is 1. The van der Waals surface area contributed by atoms with Gasteiger partial charge in [0.25, 0.3) is 0 Å². The quantitative estimate of drug-likeness (QED) is 0.301. The predicted molar refractivity (Wildman–Crippen MR) is 135 cm³/mol. The average molecular weight is 481 g/mol. The summed E-state index contributed by atoms with van der Waals surface area (Å²) in [6.07, 6.45) is 2.32. The molecule has 32 heavy (non-hydrogen) atoms. The van der Waals surface area contributed by atoms with Gasteiger partial charge in [0.15, 0.2) is 5.13 Å². The second kappa shape index (κ2) is 8.66. The third kappa shape index (κ3) is 4.16. The maximum Gasteiger partial charge on any atom is 0.348 e. The summed E-state index contributed by atoms with van der Waals surface area (Å²) in [6, 6.07) is 17.7. The van der Waals surface area contributed by atoms with Crippen molar-refractivity contribution in [3.05, 3.63) is 64.4 Å². The number of hydrogen-bond donors (Lipinski definition) is 2. The summed E-state index contributed by atoms with van der Waals surface area (Å²) in [6.45, 7) is 0. The van der Waals surface area contributed by atoms with E-state index >= 15 is 0 Å². The first-order valence-electron chi connectivity index (χ1n) is 10.2. The van der Waals surface area contributed by atoms with Gasteiger partial charge in [-0.25, -0.2) is 9.78 Å². The van der Waals surface area contributed by atoms with E-state index in [0.29, 0.717) is 16.7 Å². The second-order valence-electron chi connectivity index (χ2n) is 7.61. The van der Waals surface area contributed by atoms with E-state index in [4.69, 9.17) is 9.72 Å². The molecule has 1 fully saturated rings. The number of nitrogens with one attached hydrogen (secondary N) is 1. The molecule has 8 heteroatoms. The Morgan fingerprint density at radius 2 is 1.94 bits per heavy atom. The van der Waals surface area contributed by atoms with Crippen LogP contribution in [0.15, 0.2) is 54.6 Å². The molecule has 2 aromatic heterocycles. The number of aromatic carboxylic acids is 1. The lowest BCUT2D eigenvalue weighted by molar-refractivity contribution is 0.0703. The van der Waals surface area contributed by atoms with Gasteiger partial charge in [-0.3, -0.25) is 0 Å². The maximum atomic E-state index is 11.9. The molecule has 162 valence electrons.